The SMILES string of the molecule is CSC1C[C@]2(CC[C@H](C)N3C[C@H]2n2cc(C(N)=O)c(=O)c(OCc4ccccc4)c2C3=O)ON1Cc1c(F)cc(F)cc1F. The lowest BCUT2D eigenvalue weighted by molar-refractivity contribution is -0.220. The van der Waals surface area contributed by atoms with Crippen LogP contribution >= 0.6 is 11.8 Å². The van der Waals surface area contributed by atoms with Gasteiger partial charge < -0.3 is 19.9 Å². The van der Waals surface area contributed by atoms with Crippen molar-refractivity contribution >= 4 is 23.6 Å². The summed E-state index contributed by atoms with van der Waals surface area (Å²) in [5.41, 5.74) is 3.91. The predicted molar refractivity (Wildman–Crippen MR) is 156 cm³/mol. The fourth-order valence-electron chi connectivity index (χ4n) is 6.46. The van der Waals surface area contributed by atoms with Gasteiger partial charge in [-0.1, -0.05) is 30.3 Å². The summed E-state index contributed by atoms with van der Waals surface area (Å²) in [5, 5.41) is 1.13. The molecule has 3 aliphatic rings. The molecule has 2 saturated heterocycles. The summed E-state index contributed by atoms with van der Waals surface area (Å²) in [6.07, 6.45) is 4.54. The van der Waals surface area contributed by atoms with Gasteiger partial charge in [-0.05, 0) is 31.6 Å². The van der Waals surface area contributed by atoms with Gasteiger partial charge in [0, 0.05) is 42.9 Å². The Bertz CT molecular complexity index is 1670. The zero-order valence-corrected chi connectivity index (χ0v) is 24.9. The number of thioether (sulfide) groups is 1. The first-order valence-corrected chi connectivity index (χ1v) is 15.5. The lowest BCUT2D eigenvalue weighted by atomic mass is 9.85. The molecule has 1 spiro atoms. The molecule has 2 aromatic carbocycles. The number of halogens is 3. The molecule has 2 N–H and O–H groups in total. The third kappa shape index (κ3) is 5.16. The van der Waals surface area contributed by atoms with E-state index in [9.17, 15) is 27.6 Å². The van der Waals surface area contributed by atoms with Crippen LogP contribution in [0.3, 0.4) is 0 Å². The number of hydrogen-bond acceptors (Lipinski definition) is 7. The van der Waals surface area contributed by atoms with E-state index in [0.717, 1.165) is 5.56 Å². The van der Waals surface area contributed by atoms with E-state index in [-0.39, 0.29) is 53.7 Å². The molecule has 44 heavy (non-hydrogen) atoms. The average Bonchev–Trinajstić information content (AvgIpc) is 3.30. The molecule has 3 aliphatic heterocycles. The molecular weight excluding hydrogens is 597 g/mol. The minimum Gasteiger partial charge on any atom is -0.483 e. The lowest BCUT2D eigenvalue weighted by Gasteiger charge is -2.43. The van der Waals surface area contributed by atoms with Crippen molar-refractivity contribution in [3.8, 4) is 5.75 Å². The van der Waals surface area contributed by atoms with E-state index in [4.69, 9.17) is 15.3 Å². The summed E-state index contributed by atoms with van der Waals surface area (Å²) in [6.45, 7) is 1.79. The number of hydroxylamine groups is 2. The van der Waals surface area contributed by atoms with E-state index in [0.29, 0.717) is 31.4 Å². The fraction of sp³-hybridized carbons (Fsp3) is 0.387. The first-order chi connectivity index (χ1) is 21.0. The van der Waals surface area contributed by atoms with Gasteiger partial charge in [0.1, 0.15) is 35.2 Å². The summed E-state index contributed by atoms with van der Waals surface area (Å²) in [4.78, 5) is 48.3. The summed E-state index contributed by atoms with van der Waals surface area (Å²) in [6, 6.07) is 9.49. The van der Waals surface area contributed by atoms with Crippen molar-refractivity contribution in [3.63, 3.8) is 0 Å². The fourth-order valence-corrected chi connectivity index (χ4v) is 7.26. The molecule has 2 bridgehead atoms. The molecule has 4 atom stereocenters. The summed E-state index contributed by atoms with van der Waals surface area (Å²) in [7, 11) is 0. The number of nitrogens with zero attached hydrogens (tertiary/aromatic N) is 3. The van der Waals surface area contributed by atoms with Gasteiger partial charge in [-0.2, -0.15) is 5.06 Å². The molecule has 1 unspecified atom stereocenters. The van der Waals surface area contributed by atoms with Crippen LogP contribution in [-0.4, -0.2) is 56.2 Å². The average molecular weight is 629 g/mol. The van der Waals surface area contributed by atoms with Gasteiger partial charge in [0.05, 0.1) is 18.0 Å². The molecule has 2 fully saturated rings. The maximum Gasteiger partial charge on any atom is 0.274 e. The highest BCUT2D eigenvalue weighted by molar-refractivity contribution is 7.99. The molecule has 232 valence electrons. The van der Waals surface area contributed by atoms with Crippen molar-refractivity contribution in [2.75, 3.05) is 12.8 Å². The number of carbonyl (C=O) groups excluding carboxylic acids is 2. The molecule has 13 heteroatoms. The van der Waals surface area contributed by atoms with Gasteiger partial charge in [0.2, 0.25) is 5.43 Å². The number of nitrogens with two attached hydrogens (primary N) is 1. The van der Waals surface area contributed by atoms with E-state index in [1.54, 1.807) is 21.6 Å². The van der Waals surface area contributed by atoms with E-state index >= 15 is 0 Å². The number of pyridine rings is 1. The maximum atomic E-state index is 14.7. The predicted octanol–water partition coefficient (Wildman–Crippen LogP) is 4.39. The van der Waals surface area contributed by atoms with Crippen molar-refractivity contribution < 1.29 is 32.3 Å². The highest BCUT2D eigenvalue weighted by Gasteiger charge is 2.56. The Morgan fingerprint density at radius 1 is 1.16 bits per heavy atom. The maximum absolute atomic E-state index is 14.7. The first-order valence-electron chi connectivity index (χ1n) is 14.2. The van der Waals surface area contributed by atoms with E-state index < -0.39 is 46.3 Å². The molecule has 6 rings (SSSR count). The first kappa shape index (κ1) is 30.2. The molecule has 0 radical (unpaired) electrons. The molecule has 3 aromatic rings. The summed E-state index contributed by atoms with van der Waals surface area (Å²) in [5.74, 6) is -4.74. The number of ether oxygens (including phenoxy) is 1. The number of fused-ring (bicyclic) bond motifs is 5. The Kier molecular flexibility index (Phi) is 7.97. The van der Waals surface area contributed by atoms with Crippen LogP contribution in [0, 0.1) is 17.5 Å². The number of rotatable bonds is 7. The largest absolute Gasteiger partial charge is 0.483 e. The van der Waals surface area contributed by atoms with Crippen molar-refractivity contribution in [1.29, 1.82) is 0 Å². The van der Waals surface area contributed by atoms with Crippen molar-refractivity contribution in [2.24, 2.45) is 5.73 Å². The number of benzene rings is 2. The van der Waals surface area contributed by atoms with Crippen LogP contribution in [-0.2, 0) is 18.0 Å². The molecule has 0 saturated carbocycles. The highest BCUT2D eigenvalue weighted by Crippen LogP contribution is 2.50. The van der Waals surface area contributed by atoms with Gasteiger partial charge in [-0.15, -0.1) is 11.8 Å². The quantitative estimate of drug-likeness (QED) is 0.414. The Hall–Kier alpha value is -3.81. The minimum absolute atomic E-state index is 0.0151. The van der Waals surface area contributed by atoms with Crippen LogP contribution in [0.2, 0.25) is 0 Å². The zero-order chi connectivity index (χ0) is 31.3. The number of amides is 2. The van der Waals surface area contributed by atoms with Gasteiger partial charge >= 0.3 is 0 Å². The third-order valence-corrected chi connectivity index (χ3v) is 9.76. The van der Waals surface area contributed by atoms with Crippen molar-refractivity contribution in [3.05, 3.63) is 98.7 Å². The summed E-state index contributed by atoms with van der Waals surface area (Å²) >= 11 is 1.43. The topological polar surface area (TPSA) is 107 Å². The monoisotopic (exact) mass is 628 g/mol. The van der Waals surface area contributed by atoms with Crippen molar-refractivity contribution in [1.82, 2.24) is 14.5 Å². The second-order valence-electron chi connectivity index (χ2n) is 11.4. The van der Waals surface area contributed by atoms with E-state index in [2.05, 4.69) is 0 Å². The van der Waals surface area contributed by atoms with E-state index in [1.165, 1.54) is 23.0 Å². The normalized spacial score (nSPS) is 24.8. The van der Waals surface area contributed by atoms with Crippen LogP contribution in [0.5, 0.6) is 5.75 Å². The van der Waals surface area contributed by atoms with Gasteiger partial charge in [0.25, 0.3) is 11.8 Å². The Balaban J connectivity index is 1.45. The number of carbonyl (C=O) groups is 2. The minimum atomic E-state index is -1.02. The van der Waals surface area contributed by atoms with Crippen molar-refractivity contribution in [2.45, 2.75) is 62.4 Å². The zero-order valence-electron chi connectivity index (χ0n) is 24.1. The lowest BCUT2D eigenvalue weighted by Crippen LogP contribution is -2.52. The number of aromatic nitrogens is 1. The van der Waals surface area contributed by atoms with Crippen LogP contribution in [0.25, 0.3) is 0 Å². The molecule has 9 nitrogen and oxygen atoms in total. The molecule has 4 heterocycles. The molecule has 1 aromatic heterocycles. The molecular formula is C31H31F3N4O5S. The van der Waals surface area contributed by atoms with Crippen LogP contribution in [0.1, 0.15) is 64.2 Å². The van der Waals surface area contributed by atoms with Gasteiger partial charge in [-0.3, -0.25) is 19.2 Å². The second-order valence-corrected chi connectivity index (χ2v) is 12.4. The summed E-state index contributed by atoms with van der Waals surface area (Å²) < 4.78 is 50.5. The number of primary amides is 1. The third-order valence-electron chi connectivity index (χ3n) is 8.81. The van der Waals surface area contributed by atoms with Crippen LogP contribution < -0.4 is 15.9 Å². The Morgan fingerprint density at radius 2 is 1.86 bits per heavy atom. The van der Waals surface area contributed by atoms with Gasteiger partial charge in [0.15, 0.2) is 11.4 Å². The second kappa shape index (κ2) is 11.6. The van der Waals surface area contributed by atoms with Crippen LogP contribution in [0.15, 0.2) is 53.5 Å². The van der Waals surface area contributed by atoms with E-state index in [1.807, 2.05) is 31.4 Å². The molecule has 2 amide bonds. The van der Waals surface area contributed by atoms with Crippen LogP contribution in [0.4, 0.5) is 13.2 Å². The highest BCUT2D eigenvalue weighted by atomic mass is 32.2. The molecule has 0 aliphatic carbocycles. The number of hydrogen-bond donors (Lipinski definition) is 1. The Morgan fingerprint density at radius 3 is 2.52 bits per heavy atom. The standard InChI is InChI=1S/C31H31F3N4O5S/c1-17-8-9-31(12-25(44-2)38(43-31)14-20-22(33)10-19(32)11-23(20)34)24-15-36(17)30(41)26-28(42-16-18-6-4-3-5-7-18)27(39)21(29(35)40)13-37(24)26/h3-7,10-11,13,17,24-25H,8-9,12,14-16H2,1-2H3,(H2,35,40)/t17-,24+,25?,31-/m0/s1. The Labute approximate surface area is 255 Å². The smallest absolute Gasteiger partial charge is 0.274 e. The van der Waals surface area contributed by atoms with Gasteiger partial charge in [-0.25, -0.2) is 13.2 Å².